The molecule has 4 aromatic rings. The number of nitrogens with one attached hydrogen (secondary N) is 1. The predicted molar refractivity (Wildman–Crippen MR) is 112 cm³/mol. The van der Waals surface area contributed by atoms with Crippen LogP contribution < -0.4 is 10.1 Å². The first kappa shape index (κ1) is 18.0. The number of fused-ring (bicyclic) bond motifs is 1. The highest BCUT2D eigenvalue weighted by Crippen LogP contribution is 2.26. The maximum Gasteiger partial charge on any atom is 0.234 e. The molecule has 1 aromatic heterocycles. The molecular formula is C22H17N3O2S. The highest BCUT2D eigenvalue weighted by atomic mass is 32.2. The number of rotatable bonds is 6. The van der Waals surface area contributed by atoms with Gasteiger partial charge in [0.15, 0.2) is 0 Å². The molecule has 6 heteroatoms. The Labute approximate surface area is 166 Å². The van der Waals surface area contributed by atoms with Crippen LogP contribution in [0.5, 0.6) is 11.5 Å². The van der Waals surface area contributed by atoms with Crippen molar-refractivity contribution >= 4 is 34.3 Å². The third-order valence-electron chi connectivity index (χ3n) is 3.94. The molecule has 138 valence electrons. The fraction of sp³-hybridized carbons (Fsp3) is 0.0455. The number of benzene rings is 3. The lowest BCUT2D eigenvalue weighted by Crippen LogP contribution is -2.14. The van der Waals surface area contributed by atoms with Crippen molar-refractivity contribution in [3.8, 4) is 11.5 Å². The van der Waals surface area contributed by atoms with Crippen LogP contribution in [0.25, 0.3) is 10.9 Å². The Balaban J connectivity index is 1.39. The number of carbonyl (C=O) groups is 1. The van der Waals surface area contributed by atoms with Crippen LogP contribution in [-0.2, 0) is 4.79 Å². The number of ether oxygens (including phenoxy) is 1. The van der Waals surface area contributed by atoms with Crippen LogP contribution in [-0.4, -0.2) is 21.6 Å². The highest BCUT2D eigenvalue weighted by Gasteiger charge is 2.08. The predicted octanol–water partition coefficient (Wildman–Crippen LogP) is 5.15. The molecule has 28 heavy (non-hydrogen) atoms. The lowest BCUT2D eigenvalue weighted by Gasteiger charge is -2.09. The minimum atomic E-state index is -0.107. The van der Waals surface area contributed by atoms with E-state index < -0.39 is 0 Å². The molecular weight excluding hydrogens is 370 g/mol. The van der Waals surface area contributed by atoms with Gasteiger partial charge in [-0.05, 0) is 30.3 Å². The molecule has 0 radical (unpaired) electrons. The van der Waals surface area contributed by atoms with Crippen molar-refractivity contribution in [1.29, 1.82) is 0 Å². The average Bonchev–Trinajstić information content (AvgIpc) is 2.73. The van der Waals surface area contributed by atoms with Gasteiger partial charge < -0.3 is 10.1 Å². The van der Waals surface area contributed by atoms with E-state index in [1.807, 2.05) is 72.8 Å². The Morgan fingerprint density at radius 1 is 0.893 bits per heavy atom. The molecule has 0 aliphatic carbocycles. The molecule has 3 aromatic carbocycles. The summed E-state index contributed by atoms with van der Waals surface area (Å²) < 4.78 is 5.80. The van der Waals surface area contributed by atoms with E-state index in [0.717, 1.165) is 21.7 Å². The molecule has 1 N–H and O–H groups in total. The largest absolute Gasteiger partial charge is 0.457 e. The Morgan fingerprint density at radius 3 is 2.57 bits per heavy atom. The number of para-hydroxylation sites is 2. The number of hydrogen-bond acceptors (Lipinski definition) is 5. The second kappa shape index (κ2) is 8.54. The van der Waals surface area contributed by atoms with Gasteiger partial charge in [-0.2, -0.15) is 0 Å². The topological polar surface area (TPSA) is 64.1 Å². The number of aromatic nitrogens is 2. The molecule has 0 aliphatic heterocycles. The third kappa shape index (κ3) is 4.47. The summed E-state index contributed by atoms with van der Waals surface area (Å²) in [6.07, 6.45) is 1.52. The summed E-state index contributed by atoms with van der Waals surface area (Å²) in [4.78, 5) is 20.9. The fourth-order valence-electron chi connectivity index (χ4n) is 2.69. The molecule has 0 atom stereocenters. The molecule has 0 bridgehead atoms. The van der Waals surface area contributed by atoms with E-state index in [0.29, 0.717) is 11.4 Å². The fourth-order valence-corrected chi connectivity index (χ4v) is 3.48. The molecule has 0 saturated carbocycles. The van der Waals surface area contributed by atoms with Crippen molar-refractivity contribution in [2.75, 3.05) is 11.1 Å². The van der Waals surface area contributed by atoms with Gasteiger partial charge in [0.25, 0.3) is 0 Å². The third-order valence-corrected chi connectivity index (χ3v) is 4.95. The van der Waals surface area contributed by atoms with E-state index in [1.54, 1.807) is 6.07 Å². The van der Waals surface area contributed by atoms with Gasteiger partial charge in [0.2, 0.25) is 5.91 Å². The number of carbonyl (C=O) groups excluding carboxylic acids is 1. The van der Waals surface area contributed by atoms with E-state index in [9.17, 15) is 4.79 Å². The summed E-state index contributed by atoms with van der Waals surface area (Å²) >= 11 is 1.39. The first-order valence-corrected chi connectivity index (χ1v) is 9.72. The quantitative estimate of drug-likeness (QED) is 0.366. The lowest BCUT2D eigenvalue weighted by molar-refractivity contribution is -0.113. The Morgan fingerprint density at radius 2 is 1.68 bits per heavy atom. The van der Waals surface area contributed by atoms with Gasteiger partial charge in [-0.3, -0.25) is 4.79 Å². The number of amides is 1. The highest BCUT2D eigenvalue weighted by molar-refractivity contribution is 8.00. The van der Waals surface area contributed by atoms with Crippen LogP contribution in [0.1, 0.15) is 0 Å². The maximum absolute atomic E-state index is 12.4. The smallest absolute Gasteiger partial charge is 0.234 e. The van der Waals surface area contributed by atoms with Crippen LogP contribution in [0.2, 0.25) is 0 Å². The minimum absolute atomic E-state index is 0.107. The van der Waals surface area contributed by atoms with E-state index >= 15 is 0 Å². The second-order valence-corrected chi connectivity index (χ2v) is 6.94. The van der Waals surface area contributed by atoms with Gasteiger partial charge in [0.1, 0.15) is 22.9 Å². The molecule has 0 fully saturated rings. The lowest BCUT2D eigenvalue weighted by atomic mass is 10.2. The molecule has 0 spiro atoms. The Hall–Kier alpha value is -3.38. The summed E-state index contributed by atoms with van der Waals surface area (Å²) in [6.45, 7) is 0. The zero-order valence-corrected chi connectivity index (χ0v) is 15.7. The first-order chi connectivity index (χ1) is 13.8. The number of thioether (sulfide) groups is 1. The van der Waals surface area contributed by atoms with Gasteiger partial charge in [-0.15, -0.1) is 0 Å². The van der Waals surface area contributed by atoms with Crippen LogP contribution >= 0.6 is 11.8 Å². The number of anilines is 1. The summed E-state index contributed by atoms with van der Waals surface area (Å²) in [7, 11) is 0. The van der Waals surface area contributed by atoms with E-state index in [4.69, 9.17) is 4.74 Å². The molecule has 5 nitrogen and oxygen atoms in total. The summed E-state index contributed by atoms with van der Waals surface area (Å²) in [5.74, 6) is 1.56. The standard InChI is InChI=1S/C22H17N3O2S/c26-21(14-28-22-19-11-4-5-12-20(19)23-15-24-22)25-16-7-6-10-18(13-16)27-17-8-2-1-3-9-17/h1-13,15H,14H2,(H,25,26). The molecule has 0 saturated heterocycles. The Bertz CT molecular complexity index is 1100. The van der Waals surface area contributed by atoms with Gasteiger partial charge in [0.05, 0.1) is 11.3 Å². The first-order valence-electron chi connectivity index (χ1n) is 8.73. The van der Waals surface area contributed by atoms with Crippen molar-refractivity contribution in [2.45, 2.75) is 5.03 Å². The van der Waals surface area contributed by atoms with Gasteiger partial charge in [0, 0.05) is 17.1 Å². The van der Waals surface area contributed by atoms with E-state index in [2.05, 4.69) is 15.3 Å². The van der Waals surface area contributed by atoms with E-state index in [-0.39, 0.29) is 11.7 Å². The zero-order chi connectivity index (χ0) is 19.2. The van der Waals surface area contributed by atoms with Gasteiger partial charge in [-0.1, -0.05) is 54.2 Å². The van der Waals surface area contributed by atoms with Gasteiger partial charge >= 0.3 is 0 Å². The minimum Gasteiger partial charge on any atom is -0.457 e. The molecule has 0 unspecified atom stereocenters. The zero-order valence-electron chi connectivity index (χ0n) is 14.9. The normalized spacial score (nSPS) is 10.6. The van der Waals surface area contributed by atoms with Crippen molar-refractivity contribution in [1.82, 2.24) is 9.97 Å². The second-order valence-electron chi connectivity index (χ2n) is 5.98. The van der Waals surface area contributed by atoms with Crippen LogP contribution in [0, 0.1) is 0 Å². The molecule has 1 heterocycles. The Kier molecular flexibility index (Phi) is 5.49. The SMILES string of the molecule is O=C(CSc1ncnc2ccccc12)Nc1cccc(Oc2ccccc2)c1. The van der Waals surface area contributed by atoms with Crippen molar-refractivity contribution in [2.24, 2.45) is 0 Å². The van der Waals surface area contributed by atoms with Crippen molar-refractivity contribution in [3.63, 3.8) is 0 Å². The average molecular weight is 387 g/mol. The van der Waals surface area contributed by atoms with Crippen molar-refractivity contribution in [3.05, 3.63) is 85.2 Å². The molecule has 0 aliphatic rings. The van der Waals surface area contributed by atoms with E-state index in [1.165, 1.54) is 18.1 Å². The van der Waals surface area contributed by atoms with Crippen molar-refractivity contribution < 1.29 is 9.53 Å². The number of nitrogens with zero attached hydrogens (tertiary/aromatic N) is 2. The monoisotopic (exact) mass is 387 g/mol. The summed E-state index contributed by atoms with van der Waals surface area (Å²) in [5.41, 5.74) is 1.55. The maximum atomic E-state index is 12.4. The summed E-state index contributed by atoms with van der Waals surface area (Å²) in [5, 5.41) is 4.64. The summed E-state index contributed by atoms with van der Waals surface area (Å²) in [6, 6.07) is 24.6. The molecule has 1 amide bonds. The molecule has 4 rings (SSSR count). The van der Waals surface area contributed by atoms with Crippen LogP contribution in [0.3, 0.4) is 0 Å². The number of hydrogen-bond donors (Lipinski definition) is 1. The van der Waals surface area contributed by atoms with Crippen LogP contribution in [0.15, 0.2) is 90.2 Å². The van der Waals surface area contributed by atoms with Crippen LogP contribution in [0.4, 0.5) is 5.69 Å². The van der Waals surface area contributed by atoms with Gasteiger partial charge in [-0.25, -0.2) is 9.97 Å².